The molecule has 0 aliphatic heterocycles. The fraction of sp³-hybridized carbons (Fsp3) is 0.167. The van der Waals surface area contributed by atoms with Crippen molar-refractivity contribution in [2.75, 3.05) is 5.32 Å². The Balaban J connectivity index is 2.00. The molecule has 0 aliphatic rings. The molecule has 0 spiro atoms. The van der Waals surface area contributed by atoms with E-state index in [2.05, 4.69) is 5.32 Å². The number of non-ortho nitro benzene ring substituents is 1. The van der Waals surface area contributed by atoms with Gasteiger partial charge in [-0.2, -0.15) is 0 Å². The summed E-state index contributed by atoms with van der Waals surface area (Å²) in [6, 6.07) is 9.16. The van der Waals surface area contributed by atoms with Gasteiger partial charge in [-0.15, -0.1) is 0 Å². The van der Waals surface area contributed by atoms with Crippen molar-refractivity contribution in [3.63, 3.8) is 0 Å². The van der Waals surface area contributed by atoms with E-state index in [1.807, 2.05) is 6.92 Å². The molecule has 1 aromatic heterocycles. The van der Waals surface area contributed by atoms with Crippen molar-refractivity contribution in [3.05, 3.63) is 73.6 Å². The van der Waals surface area contributed by atoms with Crippen LogP contribution in [0.3, 0.4) is 0 Å². The van der Waals surface area contributed by atoms with Gasteiger partial charge in [0, 0.05) is 41.4 Å². The Morgan fingerprint density at radius 3 is 2.68 bits per heavy atom. The first-order valence-electron chi connectivity index (χ1n) is 7.61. The topological polar surface area (TPSA) is 106 Å². The predicted octanol–water partition coefficient (Wildman–Crippen LogP) is 3.64. The van der Waals surface area contributed by atoms with Crippen LogP contribution < -0.4 is 10.9 Å². The zero-order valence-corrected chi connectivity index (χ0v) is 13.7. The van der Waals surface area contributed by atoms with Crippen LogP contribution in [0.25, 0.3) is 11.0 Å². The summed E-state index contributed by atoms with van der Waals surface area (Å²) in [6.45, 7) is 3.79. The van der Waals surface area contributed by atoms with Crippen molar-refractivity contribution in [3.8, 4) is 5.75 Å². The minimum Gasteiger partial charge on any atom is -0.508 e. The summed E-state index contributed by atoms with van der Waals surface area (Å²) in [7, 11) is 0. The summed E-state index contributed by atoms with van der Waals surface area (Å²) < 4.78 is 5.21. The molecule has 0 unspecified atom stereocenters. The van der Waals surface area contributed by atoms with Gasteiger partial charge >= 0.3 is 5.63 Å². The molecule has 25 heavy (non-hydrogen) atoms. The number of nitro groups is 1. The smallest absolute Gasteiger partial charge is 0.336 e. The molecule has 7 nitrogen and oxygen atoms in total. The van der Waals surface area contributed by atoms with Gasteiger partial charge in [0.1, 0.15) is 11.3 Å². The van der Waals surface area contributed by atoms with Crippen LogP contribution in [0.4, 0.5) is 11.4 Å². The van der Waals surface area contributed by atoms with E-state index in [0.717, 1.165) is 5.56 Å². The van der Waals surface area contributed by atoms with E-state index in [1.54, 1.807) is 25.1 Å². The number of nitro benzene ring substituents is 1. The van der Waals surface area contributed by atoms with Crippen molar-refractivity contribution in [2.24, 2.45) is 0 Å². The highest BCUT2D eigenvalue weighted by Crippen LogP contribution is 2.28. The van der Waals surface area contributed by atoms with Crippen LogP contribution in [-0.2, 0) is 6.54 Å². The lowest BCUT2D eigenvalue weighted by Crippen LogP contribution is -2.07. The lowest BCUT2D eigenvalue weighted by Gasteiger charge is -2.12. The summed E-state index contributed by atoms with van der Waals surface area (Å²) in [6.07, 6.45) is 0. The number of aryl methyl sites for hydroxylation is 2. The van der Waals surface area contributed by atoms with Crippen molar-refractivity contribution in [1.29, 1.82) is 0 Å². The van der Waals surface area contributed by atoms with E-state index in [0.29, 0.717) is 27.8 Å². The first-order chi connectivity index (χ1) is 11.9. The summed E-state index contributed by atoms with van der Waals surface area (Å²) in [5.41, 5.74) is 2.45. The molecule has 0 saturated carbocycles. The van der Waals surface area contributed by atoms with Crippen LogP contribution >= 0.6 is 0 Å². The van der Waals surface area contributed by atoms with Gasteiger partial charge in [0.25, 0.3) is 5.69 Å². The maximum absolute atomic E-state index is 11.8. The van der Waals surface area contributed by atoms with Crippen LogP contribution in [0.1, 0.15) is 16.7 Å². The molecular formula is C18H16N2O5. The van der Waals surface area contributed by atoms with Gasteiger partial charge in [-0.25, -0.2) is 4.79 Å². The molecule has 3 aromatic rings. The lowest BCUT2D eigenvalue weighted by molar-refractivity contribution is -0.384. The minimum atomic E-state index is -0.520. The zero-order chi connectivity index (χ0) is 18.1. The van der Waals surface area contributed by atoms with E-state index in [-0.39, 0.29) is 18.0 Å². The molecule has 0 saturated heterocycles. The highest BCUT2D eigenvalue weighted by Gasteiger charge is 2.12. The second-order valence-electron chi connectivity index (χ2n) is 5.79. The standard InChI is InChI=1S/C18H16N2O5/c1-10-3-4-13(20(23)24)8-15(10)19-9-12-7-17(22)25-18-11(2)16(21)6-5-14(12)18/h3-8,19,21H,9H2,1-2H3. The van der Waals surface area contributed by atoms with Crippen LogP contribution in [0.15, 0.2) is 45.6 Å². The highest BCUT2D eigenvalue weighted by molar-refractivity contribution is 5.85. The van der Waals surface area contributed by atoms with Crippen LogP contribution in [0, 0.1) is 24.0 Å². The van der Waals surface area contributed by atoms with E-state index in [4.69, 9.17) is 4.42 Å². The number of rotatable bonds is 4. The van der Waals surface area contributed by atoms with E-state index in [9.17, 15) is 20.0 Å². The van der Waals surface area contributed by atoms with E-state index < -0.39 is 10.5 Å². The number of hydrogen-bond donors (Lipinski definition) is 2. The first-order valence-corrected chi connectivity index (χ1v) is 7.61. The Kier molecular flexibility index (Phi) is 4.14. The number of hydrogen-bond acceptors (Lipinski definition) is 6. The lowest BCUT2D eigenvalue weighted by atomic mass is 10.1. The number of anilines is 1. The van der Waals surface area contributed by atoms with Gasteiger partial charge < -0.3 is 14.8 Å². The Labute approximate surface area is 142 Å². The number of aromatic hydroxyl groups is 1. The van der Waals surface area contributed by atoms with Crippen molar-refractivity contribution >= 4 is 22.3 Å². The molecular weight excluding hydrogens is 324 g/mol. The van der Waals surface area contributed by atoms with Crippen molar-refractivity contribution in [2.45, 2.75) is 20.4 Å². The third kappa shape index (κ3) is 3.16. The average Bonchev–Trinajstić information content (AvgIpc) is 2.57. The first kappa shape index (κ1) is 16.5. The molecule has 0 bridgehead atoms. The van der Waals surface area contributed by atoms with Crippen LogP contribution in [0.5, 0.6) is 5.75 Å². The second-order valence-corrected chi connectivity index (χ2v) is 5.79. The third-order valence-electron chi connectivity index (χ3n) is 4.12. The molecule has 0 atom stereocenters. The number of phenols is 1. The van der Waals surface area contributed by atoms with Gasteiger partial charge in [0.15, 0.2) is 0 Å². The molecule has 0 aliphatic carbocycles. The normalized spacial score (nSPS) is 10.8. The maximum atomic E-state index is 11.8. The van der Waals surface area contributed by atoms with Gasteiger partial charge in [-0.3, -0.25) is 10.1 Å². The predicted molar refractivity (Wildman–Crippen MR) is 94.0 cm³/mol. The molecule has 2 N–H and O–H groups in total. The number of nitrogens with zero attached hydrogens (tertiary/aromatic N) is 1. The molecule has 0 amide bonds. The van der Waals surface area contributed by atoms with Gasteiger partial charge in [0.2, 0.25) is 0 Å². The monoisotopic (exact) mass is 340 g/mol. The summed E-state index contributed by atoms with van der Waals surface area (Å²) in [4.78, 5) is 22.3. The molecule has 128 valence electrons. The van der Waals surface area contributed by atoms with Crippen LogP contribution in [0.2, 0.25) is 0 Å². The molecule has 2 aromatic carbocycles. The highest BCUT2D eigenvalue weighted by atomic mass is 16.6. The van der Waals surface area contributed by atoms with Gasteiger partial charge in [0.05, 0.1) is 4.92 Å². The SMILES string of the molecule is Cc1ccc([N+](=O)[O-])cc1NCc1cc(=O)oc2c(C)c(O)ccc12. The molecule has 0 fully saturated rings. The quantitative estimate of drug-likeness (QED) is 0.427. The fourth-order valence-corrected chi connectivity index (χ4v) is 2.67. The Bertz CT molecular complexity index is 1040. The van der Waals surface area contributed by atoms with Gasteiger partial charge in [-0.05, 0) is 37.1 Å². The fourth-order valence-electron chi connectivity index (χ4n) is 2.67. The summed E-state index contributed by atoms with van der Waals surface area (Å²) in [5.74, 6) is 0.0512. The Morgan fingerprint density at radius 1 is 1.20 bits per heavy atom. The van der Waals surface area contributed by atoms with Gasteiger partial charge in [-0.1, -0.05) is 6.07 Å². The second kappa shape index (κ2) is 6.27. The van der Waals surface area contributed by atoms with Crippen molar-refractivity contribution in [1.82, 2.24) is 0 Å². The van der Waals surface area contributed by atoms with Crippen LogP contribution in [-0.4, -0.2) is 10.0 Å². The summed E-state index contributed by atoms with van der Waals surface area (Å²) in [5, 5.41) is 24.5. The van der Waals surface area contributed by atoms with E-state index in [1.165, 1.54) is 18.2 Å². The Morgan fingerprint density at radius 2 is 1.96 bits per heavy atom. The minimum absolute atomic E-state index is 0.00806. The van der Waals surface area contributed by atoms with Crippen molar-refractivity contribution < 1.29 is 14.4 Å². The molecule has 1 heterocycles. The zero-order valence-electron chi connectivity index (χ0n) is 13.7. The number of nitrogens with one attached hydrogen (secondary N) is 1. The number of benzene rings is 2. The van der Waals surface area contributed by atoms with E-state index >= 15 is 0 Å². The Hall–Kier alpha value is -3.35. The molecule has 3 rings (SSSR count). The number of phenolic OH excluding ortho intramolecular Hbond substituents is 1. The molecule has 0 radical (unpaired) electrons. The maximum Gasteiger partial charge on any atom is 0.336 e. The summed E-state index contributed by atoms with van der Waals surface area (Å²) >= 11 is 0. The largest absolute Gasteiger partial charge is 0.508 e. The number of fused-ring (bicyclic) bond motifs is 1. The third-order valence-corrected chi connectivity index (χ3v) is 4.12. The molecule has 7 heteroatoms. The average molecular weight is 340 g/mol.